The average molecular weight is 470 g/mol. The summed E-state index contributed by atoms with van der Waals surface area (Å²) >= 11 is 0. The van der Waals surface area contributed by atoms with Crippen LogP contribution in [0.15, 0.2) is 47.0 Å². The van der Waals surface area contributed by atoms with E-state index in [0.29, 0.717) is 23.3 Å². The molecule has 0 aliphatic rings. The van der Waals surface area contributed by atoms with Crippen molar-refractivity contribution in [2.45, 2.75) is 46.3 Å². The molecule has 2 unspecified atom stereocenters. The minimum Gasteiger partial charge on any atom is -0.481 e. The number of nitrogens with one attached hydrogen (secondary N) is 1. The molecule has 3 aromatic rings. The number of rotatable bonds is 10. The third-order valence-electron chi connectivity index (χ3n) is 5.15. The maximum atomic E-state index is 14.5. The zero-order chi connectivity index (χ0) is 24.8. The first kappa shape index (κ1) is 25.0. The van der Waals surface area contributed by atoms with Gasteiger partial charge in [-0.2, -0.15) is 4.98 Å². The second-order valence-electron chi connectivity index (χ2n) is 8.27. The fourth-order valence-corrected chi connectivity index (χ4v) is 3.17. The van der Waals surface area contributed by atoms with Crippen LogP contribution in [0.1, 0.15) is 66.8 Å². The highest BCUT2D eigenvalue weighted by molar-refractivity contribution is 5.97. The van der Waals surface area contributed by atoms with Crippen molar-refractivity contribution in [1.29, 1.82) is 0 Å². The van der Waals surface area contributed by atoms with E-state index in [1.807, 2.05) is 20.8 Å². The van der Waals surface area contributed by atoms with Gasteiger partial charge in [0.2, 0.25) is 5.82 Å². The second-order valence-corrected chi connectivity index (χ2v) is 8.27. The van der Waals surface area contributed by atoms with Crippen molar-refractivity contribution >= 4 is 11.7 Å². The maximum Gasteiger partial charge on any atom is 0.268 e. The lowest BCUT2D eigenvalue weighted by Crippen LogP contribution is -2.35. The van der Waals surface area contributed by atoms with Crippen LogP contribution in [0.5, 0.6) is 5.75 Å². The van der Waals surface area contributed by atoms with Crippen LogP contribution >= 0.6 is 0 Å². The van der Waals surface area contributed by atoms with E-state index < -0.39 is 23.9 Å². The highest BCUT2D eigenvalue weighted by Crippen LogP contribution is 2.27. The van der Waals surface area contributed by atoms with Crippen molar-refractivity contribution in [1.82, 2.24) is 15.5 Å². The number of ether oxygens (including phenoxy) is 1. The van der Waals surface area contributed by atoms with Crippen LogP contribution in [-0.4, -0.2) is 39.6 Å². The Hall–Kier alpha value is -3.59. The van der Waals surface area contributed by atoms with Gasteiger partial charge >= 0.3 is 0 Å². The number of amides is 1. The molecule has 1 amide bonds. The summed E-state index contributed by atoms with van der Waals surface area (Å²) < 4.78 is 25.9. The standard InChI is InChI=1S/C25H28FN3O5/c1-5-21(33-18-9-6-16(7-10-18)22(31)14(2)3)25-28-23(29-34-25)17-8-11-19(20(26)12-17)24(32)27-15(4)13-30/h6-12,14-15,21,30H,5,13H2,1-4H3,(H,27,32). The number of halogens is 1. The second kappa shape index (κ2) is 11.0. The number of Topliss-reactive ketones (excluding diaryl/α,β-unsaturated/α-hetero) is 1. The Morgan fingerprint density at radius 3 is 2.44 bits per heavy atom. The molecule has 1 heterocycles. The highest BCUT2D eigenvalue weighted by Gasteiger charge is 2.22. The monoisotopic (exact) mass is 469 g/mol. The molecular formula is C25H28FN3O5. The number of aromatic nitrogens is 2. The van der Waals surface area contributed by atoms with Gasteiger partial charge < -0.3 is 19.7 Å². The van der Waals surface area contributed by atoms with Gasteiger partial charge in [0.05, 0.1) is 12.2 Å². The number of ketones is 1. The number of benzene rings is 2. The first-order valence-electron chi connectivity index (χ1n) is 11.1. The van der Waals surface area contributed by atoms with E-state index in [1.54, 1.807) is 31.2 Å². The molecule has 0 fully saturated rings. The molecule has 0 aliphatic heterocycles. The summed E-state index contributed by atoms with van der Waals surface area (Å²) in [5, 5.41) is 15.5. The SMILES string of the molecule is CCC(Oc1ccc(C(=O)C(C)C)cc1)c1nc(-c2ccc(C(=O)NC(C)CO)c(F)c2)no1. The Bertz CT molecular complexity index is 1140. The van der Waals surface area contributed by atoms with Crippen molar-refractivity contribution in [3.05, 3.63) is 65.3 Å². The lowest BCUT2D eigenvalue weighted by atomic mass is 10.0. The molecular weight excluding hydrogens is 441 g/mol. The van der Waals surface area contributed by atoms with Gasteiger partial charge in [-0.1, -0.05) is 32.0 Å². The van der Waals surface area contributed by atoms with Gasteiger partial charge in [0, 0.05) is 23.1 Å². The predicted octanol–water partition coefficient (Wildman–Crippen LogP) is 4.36. The average Bonchev–Trinajstić information content (AvgIpc) is 3.32. The van der Waals surface area contributed by atoms with Crippen molar-refractivity contribution in [3.8, 4) is 17.1 Å². The molecule has 180 valence electrons. The smallest absolute Gasteiger partial charge is 0.268 e. The first-order chi connectivity index (χ1) is 16.2. The summed E-state index contributed by atoms with van der Waals surface area (Å²) in [6, 6.07) is 10.4. The van der Waals surface area contributed by atoms with E-state index in [-0.39, 0.29) is 35.6 Å². The molecule has 9 heteroatoms. The van der Waals surface area contributed by atoms with Crippen molar-refractivity contribution < 1.29 is 28.3 Å². The van der Waals surface area contributed by atoms with Crippen LogP contribution in [0.2, 0.25) is 0 Å². The van der Waals surface area contributed by atoms with E-state index in [1.165, 1.54) is 12.1 Å². The summed E-state index contributed by atoms with van der Waals surface area (Å²) in [6.45, 7) is 6.94. The highest BCUT2D eigenvalue weighted by atomic mass is 19.1. The van der Waals surface area contributed by atoms with E-state index >= 15 is 0 Å². The van der Waals surface area contributed by atoms with E-state index in [4.69, 9.17) is 14.4 Å². The topological polar surface area (TPSA) is 115 Å². The van der Waals surface area contributed by atoms with Crippen LogP contribution in [0.25, 0.3) is 11.4 Å². The molecule has 1 aromatic heterocycles. The largest absolute Gasteiger partial charge is 0.481 e. The normalized spacial score (nSPS) is 12.9. The van der Waals surface area contributed by atoms with E-state index in [2.05, 4.69) is 15.5 Å². The number of aliphatic hydroxyl groups is 1. The van der Waals surface area contributed by atoms with E-state index in [0.717, 1.165) is 6.07 Å². The Labute approximate surface area is 197 Å². The minimum atomic E-state index is -0.745. The van der Waals surface area contributed by atoms with Crippen molar-refractivity contribution in [2.24, 2.45) is 5.92 Å². The number of hydrogen-bond acceptors (Lipinski definition) is 7. The molecule has 0 saturated carbocycles. The lowest BCUT2D eigenvalue weighted by Gasteiger charge is -2.14. The molecule has 0 spiro atoms. The fourth-order valence-electron chi connectivity index (χ4n) is 3.17. The third kappa shape index (κ3) is 5.85. The van der Waals surface area contributed by atoms with Crippen LogP contribution in [-0.2, 0) is 0 Å². The van der Waals surface area contributed by atoms with E-state index in [9.17, 15) is 14.0 Å². The number of carbonyl (C=O) groups excluding carboxylic acids is 2. The number of hydrogen-bond donors (Lipinski definition) is 2. The van der Waals surface area contributed by atoms with Crippen LogP contribution in [0, 0.1) is 11.7 Å². The summed E-state index contributed by atoms with van der Waals surface area (Å²) in [5.74, 6) is -0.484. The predicted molar refractivity (Wildman–Crippen MR) is 123 cm³/mol. The van der Waals surface area contributed by atoms with Crippen molar-refractivity contribution in [3.63, 3.8) is 0 Å². The molecule has 3 rings (SSSR count). The third-order valence-corrected chi connectivity index (χ3v) is 5.15. The van der Waals surface area contributed by atoms with Crippen molar-refractivity contribution in [2.75, 3.05) is 6.61 Å². The summed E-state index contributed by atoms with van der Waals surface area (Å²) in [7, 11) is 0. The Balaban J connectivity index is 1.73. The Kier molecular flexibility index (Phi) is 8.12. The molecule has 2 atom stereocenters. The van der Waals surface area contributed by atoms with Gasteiger partial charge in [0.1, 0.15) is 11.6 Å². The molecule has 0 aliphatic carbocycles. The van der Waals surface area contributed by atoms with Crippen LogP contribution in [0.3, 0.4) is 0 Å². The minimum absolute atomic E-state index is 0.0544. The van der Waals surface area contributed by atoms with Gasteiger partial charge in [0.25, 0.3) is 11.8 Å². The molecule has 34 heavy (non-hydrogen) atoms. The zero-order valence-corrected chi connectivity index (χ0v) is 19.5. The number of nitrogens with zero attached hydrogens (tertiary/aromatic N) is 2. The van der Waals surface area contributed by atoms with Gasteiger partial charge in [-0.15, -0.1) is 0 Å². The Morgan fingerprint density at radius 2 is 1.85 bits per heavy atom. The molecule has 0 bridgehead atoms. The van der Waals surface area contributed by atoms with Gasteiger partial charge in [-0.25, -0.2) is 4.39 Å². The Morgan fingerprint density at radius 1 is 1.15 bits per heavy atom. The summed E-state index contributed by atoms with van der Waals surface area (Å²) in [5.41, 5.74) is 0.799. The maximum absolute atomic E-state index is 14.5. The molecule has 0 radical (unpaired) electrons. The first-order valence-corrected chi connectivity index (χ1v) is 11.1. The molecule has 2 N–H and O–H groups in total. The van der Waals surface area contributed by atoms with Gasteiger partial charge in [-0.3, -0.25) is 9.59 Å². The number of aliphatic hydroxyl groups excluding tert-OH is 1. The summed E-state index contributed by atoms with van der Waals surface area (Å²) in [4.78, 5) is 28.6. The van der Waals surface area contributed by atoms with Gasteiger partial charge in [-0.05, 0) is 49.7 Å². The zero-order valence-electron chi connectivity index (χ0n) is 19.5. The van der Waals surface area contributed by atoms with Gasteiger partial charge in [0.15, 0.2) is 11.9 Å². The quantitative estimate of drug-likeness (QED) is 0.424. The molecule has 0 saturated heterocycles. The summed E-state index contributed by atoms with van der Waals surface area (Å²) in [6.07, 6.45) is -0.00654. The van der Waals surface area contributed by atoms with Crippen LogP contribution in [0.4, 0.5) is 4.39 Å². The molecule has 2 aromatic carbocycles. The molecule has 8 nitrogen and oxygen atoms in total. The fraction of sp³-hybridized carbons (Fsp3) is 0.360. The number of carbonyl (C=O) groups is 2. The lowest BCUT2D eigenvalue weighted by molar-refractivity contribution is 0.0916. The van der Waals surface area contributed by atoms with Crippen LogP contribution < -0.4 is 10.1 Å².